The fraction of sp³-hybridized carbons (Fsp3) is 0.0833. The van der Waals surface area contributed by atoms with Crippen molar-refractivity contribution in [2.45, 2.75) is 6.92 Å². The van der Waals surface area contributed by atoms with Crippen molar-refractivity contribution in [1.29, 1.82) is 0 Å². The number of rotatable bonds is 5. The summed E-state index contributed by atoms with van der Waals surface area (Å²) in [5.74, 6) is -0.749. The first-order valence-electron chi connectivity index (χ1n) is 9.65. The van der Waals surface area contributed by atoms with Crippen LogP contribution in [0.25, 0.3) is 21.9 Å². The molecule has 0 bridgehead atoms. The molecule has 32 heavy (non-hydrogen) atoms. The minimum Gasteiger partial charge on any atom is -0.494 e. The number of hydrogen-bond donors (Lipinski definition) is 1. The van der Waals surface area contributed by atoms with E-state index in [1.807, 2.05) is 31.2 Å². The van der Waals surface area contributed by atoms with Gasteiger partial charge in [0.05, 0.1) is 29.2 Å². The summed E-state index contributed by atoms with van der Waals surface area (Å²) in [7, 11) is 1.34. The number of benzene rings is 3. The third-order valence-corrected chi connectivity index (χ3v) is 5.03. The van der Waals surface area contributed by atoms with Crippen LogP contribution in [0.15, 0.2) is 75.9 Å². The summed E-state index contributed by atoms with van der Waals surface area (Å²) in [6.07, 6.45) is 0. The van der Waals surface area contributed by atoms with Crippen LogP contribution in [-0.2, 0) is 0 Å². The monoisotopic (exact) mass is 430 g/mol. The van der Waals surface area contributed by atoms with Crippen LogP contribution in [0.2, 0.25) is 0 Å². The first kappa shape index (κ1) is 20.8. The molecular weight excluding hydrogens is 412 g/mol. The summed E-state index contributed by atoms with van der Waals surface area (Å²) in [5, 5.41) is 14.6. The lowest BCUT2D eigenvalue weighted by Gasteiger charge is -2.13. The molecule has 0 saturated heterocycles. The van der Waals surface area contributed by atoms with Crippen LogP contribution in [0.5, 0.6) is 5.75 Å². The van der Waals surface area contributed by atoms with Gasteiger partial charge in [-0.1, -0.05) is 48.0 Å². The molecule has 0 atom stereocenters. The van der Waals surface area contributed by atoms with E-state index in [2.05, 4.69) is 5.32 Å². The van der Waals surface area contributed by atoms with E-state index >= 15 is 0 Å². The third kappa shape index (κ3) is 3.81. The molecule has 1 aromatic heterocycles. The van der Waals surface area contributed by atoms with E-state index < -0.39 is 16.5 Å². The average molecular weight is 430 g/mol. The molecule has 0 aliphatic carbocycles. The van der Waals surface area contributed by atoms with Gasteiger partial charge in [-0.2, -0.15) is 0 Å². The lowest BCUT2D eigenvalue weighted by atomic mass is 9.97. The van der Waals surface area contributed by atoms with E-state index in [9.17, 15) is 19.7 Å². The highest BCUT2D eigenvalue weighted by atomic mass is 16.6. The van der Waals surface area contributed by atoms with Gasteiger partial charge in [0.15, 0.2) is 0 Å². The summed E-state index contributed by atoms with van der Waals surface area (Å²) in [6.45, 7) is 1.95. The Balaban J connectivity index is 1.86. The van der Waals surface area contributed by atoms with Gasteiger partial charge in [0.25, 0.3) is 11.6 Å². The first-order chi connectivity index (χ1) is 15.4. The Morgan fingerprint density at radius 3 is 2.38 bits per heavy atom. The van der Waals surface area contributed by atoms with E-state index in [-0.39, 0.29) is 22.9 Å². The number of nitro benzene ring substituents is 1. The zero-order valence-electron chi connectivity index (χ0n) is 17.2. The van der Waals surface area contributed by atoms with Crippen molar-refractivity contribution in [1.82, 2.24) is 0 Å². The summed E-state index contributed by atoms with van der Waals surface area (Å²) < 4.78 is 10.6. The second-order valence-corrected chi connectivity index (χ2v) is 7.10. The van der Waals surface area contributed by atoms with Crippen LogP contribution < -0.4 is 15.7 Å². The molecule has 0 radical (unpaired) electrons. The largest absolute Gasteiger partial charge is 0.494 e. The zero-order valence-corrected chi connectivity index (χ0v) is 17.2. The number of nitro groups is 1. The van der Waals surface area contributed by atoms with E-state index in [1.165, 1.54) is 25.3 Å². The van der Waals surface area contributed by atoms with Crippen LogP contribution in [-0.4, -0.2) is 17.9 Å². The minimum atomic E-state index is -0.685. The number of anilines is 1. The number of fused-ring (bicyclic) bond motifs is 1. The smallest absolute Gasteiger partial charge is 0.344 e. The van der Waals surface area contributed by atoms with Crippen LogP contribution >= 0.6 is 0 Å². The Kier molecular flexibility index (Phi) is 5.43. The number of aryl methyl sites for hydroxylation is 1. The predicted molar refractivity (Wildman–Crippen MR) is 120 cm³/mol. The van der Waals surface area contributed by atoms with Crippen LogP contribution in [0.4, 0.5) is 11.4 Å². The van der Waals surface area contributed by atoms with Gasteiger partial charge in [-0.15, -0.1) is 0 Å². The number of methoxy groups -OCH3 is 1. The van der Waals surface area contributed by atoms with Gasteiger partial charge in [-0.25, -0.2) is 4.79 Å². The van der Waals surface area contributed by atoms with Crippen molar-refractivity contribution in [3.8, 4) is 16.9 Å². The normalized spacial score (nSPS) is 10.7. The second-order valence-electron chi connectivity index (χ2n) is 7.10. The maximum Gasteiger partial charge on any atom is 0.344 e. The van der Waals surface area contributed by atoms with Crippen molar-refractivity contribution >= 4 is 28.1 Å². The number of ether oxygens (including phenoxy) is 1. The van der Waals surface area contributed by atoms with E-state index in [0.717, 1.165) is 5.56 Å². The molecule has 4 rings (SSSR count). The van der Waals surface area contributed by atoms with E-state index in [0.29, 0.717) is 21.9 Å². The topological polar surface area (TPSA) is 112 Å². The Morgan fingerprint density at radius 2 is 1.72 bits per heavy atom. The summed E-state index contributed by atoms with van der Waals surface area (Å²) in [5.41, 5.74) is 1.59. The van der Waals surface area contributed by atoms with Crippen molar-refractivity contribution in [3.63, 3.8) is 0 Å². The average Bonchev–Trinajstić information content (AvgIpc) is 2.80. The molecule has 0 fully saturated rings. The predicted octanol–water partition coefficient (Wildman–Crippen LogP) is 4.94. The molecular formula is C24H18N2O6. The van der Waals surface area contributed by atoms with E-state index in [1.54, 1.807) is 24.3 Å². The Hall–Kier alpha value is -4.46. The van der Waals surface area contributed by atoms with Crippen molar-refractivity contribution in [2.24, 2.45) is 0 Å². The molecule has 0 saturated carbocycles. The fourth-order valence-electron chi connectivity index (χ4n) is 3.44. The number of nitrogens with one attached hydrogen (secondary N) is 1. The minimum absolute atomic E-state index is 0.104. The van der Waals surface area contributed by atoms with Gasteiger partial charge in [0.1, 0.15) is 5.75 Å². The quantitative estimate of drug-likeness (QED) is 0.355. The Morgan fingerprint density at radius 1 is 1.03 bits per heavy atom. The molecule has 3 aromatic carbocycles. The Bertz CT molecular complexity index is 1410. The van der Waals surface area contributed by atoms with Gasteiger partial charge in [0.2, 0.25) is 5.76 Å². The number of non-ortho nitro benzene ring substituents is 1. The highest BCUT2D eigenvalue weighted by Gasteiger charge is 2.23. The number of nitrogens with zero attached hydrogens (tertiary/aromatic N) is 1. The van der Waals surface area contributed by atoms with Gasteiger partial charge in [-0.05, 0) is 24.6 Å². The van der Waals surface area contributed by atoms with Gasteiger partial charge < -0.3 is 14.5 Å². The molecule has 0 unspecified atom stereocenters. The molecule has 4 aromatic rings. The lowest BCUT2D eigenvalue weighted by Crippen LogP contribution is -2.17. The summed E-state index contributed by atoms with van der Waals surface area (Å²) in [4.78, 5) is 36.3. The van der Waals surface area contributed by atoms with Gasteiger partial charge in [0, 0.05) is 17.0 Å². The molecule has 160 valence electrons. The van der Waals surface area contributed by atoms with Crippen LogP contribution in [0.3, 0.4) is 0 Å². The molecule has 8 nitrogen and oxygen atoms in total. The Labute approximate surface area is 182 Å². The standard InChI is InChI=1S/C24H18N2O6/c1-14-7-9-15(10-8-14)21-17-5-3-4-6-18(17)24(28)32-22(21)23(27)25-19-12-11-16(26(29)30)13-20(19)31-2/h3-13H,1-2H3,(H,25,27). The van der Waals surface area contributed by atoms with Crippen molar-refractivity contribution in [3.05, 3.63) is 98.6 Å². The number of hydrogen-bond acceptors (Lipinski definition) is 6. The van der Waals surface area contributed by atoms with Crippen LogP contribution in [0.1, 0.15) is 16.1 Å². The molecule has 0 aliphatic heterocycles. The molecule has 0 spiro atoms. The highest BCUT2D eigenvalue weighted by molar-refractivity contribution is 6.12. The number of carbonyl (C=O) groups is 1. The zero-order chi connectivity index (χ0) is 22.8. The molecule has 0 aliphatic rings. The summed E-state index contributed by atoms with van der Waals surface area (Å²) >= 11 is 0. The molecule has 8 heteroatoms. The number of amides is 1. The molecule has 1 heterocycles. The van der Waals surface area contributed by atoms with Crippen LogP contribution in [0, 0.1) is 17.0 Å². The third-order valence-electron chi connectivity index (χ3n) is 5.03. The van der Waals surface area contributed by atoms with Gasteiger partial charge >= 0.3 is 5.63 Å². The maximum absolute atomic E-state index is 13.2. The van der Waals surface area contributed by atoms with E-state index in [4.69, 9.17) is 9.15 Å². The SMILES string of the molecule is COc1cc([N+](=O)[O-])ccc1NC(=O)c1oc(=O)c2ccccc2c1-c1ccc(C)cc1. The first-order valence-corrected chi connectivity index (χ1v) is 9.65. The second kappa shape index (κ2) is 8.35. The molecule has 1 amide bonds. The fourth-order valence-corrected chi connectivity index (χ4v) is 3.44. The van der Waals surface area contributed by atoms with Crippen molar-refractivity contribution < 1.29 is 18.9 Å². The summed E-state index contributed by atoms with van der Waals surface area (Å²) in [6, 6.07) is 18.2. The molecule has 1 N–H and O–H groups in total. The maximum atomic E-state index is 13.2. The van der Waals surface area contributed by atoms with Crippen molar-refractivity contribution in [2.75, 3.05) is 12.4 Å². The highest BCUT2D eigenvalue weighted by Crippen LogP contribution is 2.33. The lowest BCUT2D eigenvalue weighted by molar-refractivity contribution is -0.384. The number of carbonyl (C=O) groups excluding carboxylic acids is 1. The van der Waals surface area contributed by atoms with Gasteiger partial charge in [-0.3, -0.25) is 14.9 Å².